The van der Waals surface area contributed by atoms with Crippen molar-refractivity contribution in [2.75, 3.05) is 25.0 Å². The van der Waals surface area contributed by atoms with E-state index < -0.39 is 0 Å². The molecule has 0 spiro atoms. The molecule has 0 aliphatic carbocycles. The van der Waals surface area contributed by atoms with Gasteiger partial charge in [0.15, 0.2) is 0 Å². The molecule has 0 unspecified atom stereocenters. The van der Waals surface area contributed by atoms with Crippen LogP contribution < -0.4 is 5.32 Å². The van der Waals surface area contributed by atoms with Gasteiger partial charge in [-0.25, -0.2) is 0 Å². The lowest BCUT2D eigenvalue weighted by molar-refractivity contribution is -0.116. The number of nitrogens with zero attached hydrogens (tertiary/aromatic N) is 1. The van der Waals surface area contributed by atoms with E-state index in [1.165, 1.54) is 0 Å². The topological polar surface area (TPSA) is 32.3 Å². The highest BCUT2D eigenvalue weighted by Crippen LogP contribution is 2.22. The van der Waals surface area contributed by atoms with Crippen molar-refractivity contribution in [3.05, 3.63) is 28.2 Å². The zero-order valence-corrected chi connectivity index (χ0v) is 12.2. The molecule has 1 aromatic rings. The number of hydrogen-bond donors (Lipinski definition) is 1. The number of hydrogen-bond acceptors (Lipinski definition) is 2. The number of rotatable bonds is 6. The Balaban J connectivity index is 2.49. The minimum absolute atomic E-state index is 0.0276. The molecule has 1 rings (SSSR count). The fourth-order valence-electron chi connectivity index (χ4n) is 1.65. The maximum absolute atomic E-state index is 11.7. The molecule has 0 fully saturated rings. The van der Waals surface area contributed by atoms with E-state index in [2.05, 4.69) is 24.1 Å². The highest BCUT2D eigenvalue weighted by atomic mass is 35.5. The lowest BCUT2D eigenvalue weighted by Crippen LogP contribution is -2.27. The van der Waals surface area contributed by atoms with Gasteiger partial charge in [-0.3, -0.25) is 4.79 Å². The Labute approximate surface area is 118 Å². The Morgan fingerprint density at radius 3 is 2.22 bits per heavy atom. The molecular weight excluding hydrogens is 271 g/mol. The van der Waals surface area contributed by atoms with Gasteiger partial charge in [0, 0.05) is 28.7 Å². The first-order valence-corrected chi connectivity index (χ1v) is 6.79. The second kappa shape index (κ2) is 7.62. The van der Waals surface area contributed by atoms with Gasteiger partial charge in [0.2, 0.25) is 5.91 Å². The summed E-state index contributed by atoms with van der Waals surface area (Å²) < 4.78 is 0. The molecule has 18 heavy (non-hydrogen) atoms. The quantitative estimate of drug-likeness (QED) is 0.866. The van der Waals surface area contributed by atoms with Crippen molar-refractivity contribution in [2.45, 2.75) is 20.3 Å². The predicted octanol–water partition coefficient (Wildman–Crippen LogP) is 3.66. The van der Waals surface area contributed by atoms with E-state index >= 15 is 0 Å². The van der Waals surface area contributed by atoms with E-state index in [1.807, 2.05) is 0 Å². The van der Waals surface area contributed by atoms with Crippen LogP contribution in [0.15, 0.2) is 18.2 Å². The third kappa shape index (κ3) is 5.25. The van der Waals surface area contributed by atoms with Crippen LogP contribution in [-0.2, 0) is 4.79 Å². The standard InChI is InChI=1S/C13H18Cl2N2O/c1-3-17(4-2)6-5-13(18)16-12-8-10(14)7-11(15)9-12/h7-9H,3-6H2,1-2H3,(H,16,18). The summed E-state index contributed by atoms with van der Waals surface area (Å²) in [5.74, 6) is -0.0276. The number of halogens is 2. The Morgan fingerprint density at radius 1 is 1.17 bits per heavy atom. The second-order valence-corrected chi connectivity index (χ2v) is 4.86. The van der Waals surface area contributed by atoms with E-state index in [1.54, 1.807) is 18.2 Å². The van der Waals surface area contributed by atoms with E-state index in [4.69, 9.17) is 23.2 Å². The molecule has 0 heterocycles. The first-order chi connectivity index (χ1) is 8.55. The van der Waals surface area contributed by atoms with Crippen LogP contribution in [0.4, 0.5) is 5.69 Å². The summed E-state index contributed by atoms with van der Waals surface area (Å²) in [5.41, 5.74) is 0.636. The Bertz CT molecular complexity index is 386. The fraction of sp³-hybridized carbons (Fsp3) is 0.462. The molecule has 0 radical (unpaired) electrons. The summed E-state index contributed by atoms with van der Waals surface area (Å²) in [6.07, 6.45) is 0.464. The predicted molar refractivity (Wildman–Crippen MR) is 77.5 cm³/mol. The monoisotopic (exact) mass is 288 g/mol. The third-order valence-electron chi connectivity index (χ3n) is 2.70. The molecule has 0 saturated heterocycles. The van der Waals surface area contributed by atoms with Crippen molar-refractivity contribution >= 4 is 34.8 Å². The maximum atomic E-state index is 11.7. The lowest BCUT2D eigenvalue weighted by Gasteiger charge is -2.17. The maximum Gasteiger partial charge on any atom is 0.225 e. The molecule has 0 aliphatic rings. The lowest BCUT2D eigenvalue weighted by atomic mass is 10.3. The van der Waals surface area contributed by atoms with Gasteiger partial charge in [0.1, 0.15) is 0 Å². The number of carbonyl (C=O) groups is 1. The first kappa shape index (κ1) is 15.3. The number of carbonyl (C=O) groups excluding carboxylic acids is 1. The molecule has 100 valence electrons. The van der Waals surface area contributed by atoms with Gasteiger partial charge in [-0.05, 0) is 31.3 Å². The van der Waals surface area contributed by atoms with Gasteiger partial charge in [-0.1, -0.05) is 37.0 Å². The molecular formula is C13H18Cl2N2O. The molecule has 0 aliphatic heterocycles. The van der Waals surface area contributed by atoms with Gasteiger partial charge in [0.05, 0.1) is 0 Å². The van der Waals surface area contributed by atoms with E-state index in [9.17, 15) is 4.79 Å². The van der Waals surface area contributed by atoms with E-state index in [0.717, 1.165) is 19.6 Å². The van der Waals surface area contributed by atoms with Crippen LogP contribution in [0.1, 0.15) is 20.3 Å². The van der Waals surface area contributed by atoms with Crippen LogP contribution in [0.5, 0.6) is 0 Å². The zero-order chi connectivity index (χ0) is 13.5. The van der Waals surface area contributed by atoms with Gasteiger partial charge in [-0.15, -0.1) is 0 Å². The largest absolute Gasteiger partial charge is 0.326 e. The Kier molecular flexibility index (Phi) is 6.47. The molecule has 5 heteroatoms. The van der Waals surface area contributed by atoms with Crippen LogP contribution in [-0.4, -0.2) is 30.4 Å². The summed E-state index contributed by atoms with van der Waals surface area (Å²) in [6, 6.07) is 5.00. The average Bonchev–Trinajstić information content (AvgIpc) is 2.28. The summed E-state index contributed by atoms with van der Waals surface area (Å²) in [6.45, 7) is 6.82. The van der Waals surface area contributed by atoms with Crippen molar-refractivity contribution in [1.82, 2.24) is 4.90 Å². The fourth-order valence-corrected chi connectivity index (χ4v) is 2.18. The van der Waals surface area contributed by atoms with Gasteiger partial charge in [-0.2, -0.15) is 0 Å². The number of nitrogens with one attached hydrogen (secondary N) is 1. The SMILES string of the molecule is CCN(CC)CCC(=O)Nc1cc(Cl)cc(Cl)c1. The third-order valence-corrected chi connectivity index (χ3v) is 3.13. The summed E-state index contributed by atoms with van der Waals surface area (Å²) in [4.78, 5) is 13.9. The zero-order valence-electron chi connectivity index (χ0n) is 10.7. The highest BCUT2D eigenvalue weighted by molar-refractivity contribution is 6.35. The normalized spacial score (nSPS) is 10.7. The molecule has 0 aromatic heterocycles. The first-order valence-electron chi connectivity index (χ1n) is 6.03. The van der Waals surface area contributed by atoms with Crippen molar-refractivity contribution in [3.63, 3.8) is 0 Å². The molecule has 1 aromatic carbocycles. The number of benzene rings is 1. The van der Waals surface area contributed by atoms with Crippen LogP contribution in [0.2, 0.25) is 10.0 Å². The van der Waals surface area contributed by atoms with Gasteiger partial charge in [0.25, 0.3) is 0 Å². The molecule has 0 saturated carbocycles. The summed E-state index contributed by atoms with van der Waals surface area (Å²) >= 11 is 11.7. The van der Waals surface area contributed by atoms with Crippen LogP contribution >= 0.6 is 23.2 Å². The molecule has 0 atom stereocenters. The summed E-state index contributed by atoms with van der Waals surface area (Å²) in [5, 5.41) is 3.82. The minimum atomic E-state index is -0.0276. The molecule has 1 amide bonds. The number of anilines is 1. The molecule has 0 bridgehead atoms. The van der Waals surface area contributed by atoms with Crippen molar-refractivity contribution < 1.29 is 4.79 Å². The van der Waals surface area contributed by atoms with Crippen molar-refractivity contribution in [1.29, 1.82) is 0 Å². The van der Waals surface area contributed by atoms with Crippen molar-refractivity contribution in [2.24, 2.45) is 0 Å². The average molecular weight is 289 g/mol. The van der Waals surface area contributed by atoms with Crippen LogP contribution in [0.25, 0.3) is 0 Å². The minimum Gasteiger partial charge on any atom is -0.326 e. The Hall–Kier alpha value is -0.770. The second-order valence-electron chi connectivity index (χ2n) is 3.98. The highest BCUT2D eigenvalue weighted by Gasteiger charge is 2.06. The van der Waals surface area contributed by atoms with Crippen LogP contribution in [0, 0.1) is 0 Å². The number of amides is 1. The summed E-state index contributed by atoms with van der Waals surface area (Å²) in [7, 11) is 0. The van der Waals surface area contributed by atoms with E-state index in [0.29, 0.717) is 22.2 Å². The van der Waals surface area contributed by atoms with Crippen LogP contribution in [0.3, 0.4) is 0 Å². The molecule has 1 N–H and O–H groups in total. The van der Waals surface area contributed by atoms with Crippen molar-refractivity contribution in [3.8, 4) is 0 Å². The smallest absolute Gasteiger partial charge is 0.225 e. The Morgan fingerprint density at radius 2 is 1.72 bits per heavy atom. The van der Waals surface area contributed by atoms with E-state index in [-0.39, 0.29) is 5.91 Å². The van der Waals surface area contributed by atoms with Gasteiger partial charge >= 0.3 is 0 Å². The van der Waals surface area contributed by atoms with Gasteiger partial charge < -0.3 is 10.2 Å². The molecule has 3 nitrogen and oxygen atoms in total.